The molecule has 0 unspecified atom stereocenters. The van der Waals surface area contributed by atoms with Crippen LogP contribution in [0.25, 0.3) is 0 Å². The second kappa shape index (κ2) is 4.00. The van der Waals surface area contributed by atoms with Gasteiger partial charge < -0.3 is 10.2 Å². The van der Waals surface area contributed by atoms with E-state index in [1.807, 2.05) is 0 Å². The first-order valence-electron chi connectivity index (χ1n) is 3.48. The van der Waals surface area contributed by atoms with E-state index in [1.165, 1.54) is 0 Å². The van der Waals surface area contributed by atoms with Crippen LogP contribution in [0, 0.1) is 11.6 Å². The molecule has 0 amide bonds. The molecule has 1 aromatic carbocycles. The Morgan fingerprint density at radius 3 is 2.07 bits per heavy atom. The van der Waals surface area contributed by atoms with Crippen molar-refractivity contribution in [3.8, 4) is 0 Å². The van der Waals surface area contributed by atoms with Crippen LogP contribution in [0.5, 0.6) is 0 Å². The van der Waals surface area contributed by atoms with E-state index < -0.39 is 34.3 Å². The van der Waals surface area contributed by atoms with Crippen molar-refractivity contribution in [3.05, 3.63) is 34.4 Å². The van der Waals surface area contributed by atoms with Crippen LogP contribution in [0.1, 0.15) is 10.4 Å². The van der Waals surface area contributed by atoms with Gasteiger partial charge in [-0.2, -0.15) is 0 Å². The summed E-state index contributed by atoms with van der Waals surface area (Å²) in [5.41, 5.74) is -0.487. The van der Waals surface area contributed by atoms with Gasteiger partial charge in [-0.1, -0.05) is 11.6 Å². The lowest BCUT2D eigenvalue weighted by Gasteiger charge is -2.04. The number of aliphatic hydroxyl groups excluding tert-OH is 1. The maximum atomic E-state index is 12.8. The lowest BCUT2D eigenvalue weighted by atomic mass is 10.1. The Balaban J connectivity index is 3.19. The van der Waals surface area contributed by atoms with Crippen LogP contribution in [0.2, 0.25) is 5.02 Å². The smallest absolute Gasteiger partial charge is 0.218 e. The van der Waals surface area contributed by atoms with Gasteiger partial charge in [-0.15, -0.1) is 0 Å². The minimum absolute atomic E-state index is 0.487. The summed E-state index contributed by atoms with van der Waals surface area (Å²) in [6, 6.07) is 1.26. The summed E-state index contributed by atoms with van der Waals surface area (Å²) < 4.78 is 25.6. The largest absolute Gasteiger partial charge is 0.362 e. The minimum Gasteiger partial charge on any atom is -0.362 e. The molecule has 0 aliphatic carbocycles. The number of benzene rings is 1. The molecule has 0 fully saturated rings. The fourth-order valence-corrected chi connectivity index (χ4v) is 0.956. The van der Waals surface area contributed by atoms with Crippen LogP contribution >= 0.6 is 11.6 Å². The van der Waals surface area contributed by atoms with Gasteiger partial charge in [0.1, 0.15) is 16.7 Å². The molecule has 0 aliphatic heterocycles. The van der Waals surface area contributed by atoms with E-state index in [-0.39, 0.29) is 0 Å². The molecule has 0 heterocycles. The third-order valence-electron chi connectivity index (χ3n) is 1.50. The zero-order valence-corrected chi connectivity index (χ0v) is 7.42. The van der Waals surface area contributed by atoms with Crippen molar-refractivity contribution in [1.29, 1.82) is 0 Å². The highest BCUT2D eigenvalue weighted by Crippen LogP contribution is 2.20. The zero-order valence-electron chi connectivity index (χ0n) is 6.67. The average molecular weight is 223 g/mol. The second-order valence-electron chi connectivity index (χ2n) is 2.49. The van der Waals surface area contributed by atoms with Gasteiger partial charge in [-0.25, -0.2) is 8.78 Å². The van der Waals surface area contributed by atoms with Crippen molar-refractivity contribution in [2.75, 3.05) is 0 Å². The van der Waals surface area contributed by atoms with E-state index in [9.17, 15) is 13.6 Å². The summed E-state index contributed by atoms with van der Waals surface area (Å²) in [5, 5.41) is 16.2. The van der Waals surface area contributed by atoms with Crippen LogP contribution < -0.4 is 0 Å². The molecule has 1 aromatic rings. The van der Waals surface area contributed by atoms with E-state index in [0.29, 0.717) is 12.1 Å². The number of rotatable bonds is 2. The third kappa shape index (κ3) is 2.06. The molecule has 1 rings (SSSR count). The SMILES string of the molecule is O=C(c1cc(F)c(Cl)c(F)c1)C(O)O. The van der Waals surface area contributed by atoms with Gasteiger partial charge in [0, 0.05) is 5.56 Å². The molecule has 0 aliphatic rings. The van der Waals surface area contributed by atoms with Crippen molar-refractivity contribution in [1.82, 2.24) is 0 Å². The van der Waals surface area contributed by atoms with Crippen molar-refractivity contribution < 1.29 is 23.8 Å². The van der Waals surface area contributed by atoms with Gasteiger partial charge >= 0.3 is 0 Å². The Morgan fingerprint density at radius 1 is 1.29 bits per heavy atom. The van der Waals surface area contributed by atoms with E-state index in [2.05, 4.69) is 0 Å². The molecule has 0 saturated carbocycles. The zero-order chi connectivity index (χ0) is 10.9. The maximum absolute atomic E-state index is 12.8. The molecule has 3 nitrogen and oxygen atoms in total. The standard InChI is InChI=1S/C8H5ClF2O3/c9-6-4(10)1-3(2-5(6)11)7(12)8(13)14/h1-2,8,13-14H. The lowest BCUT2D eigenvalue weighted by Crippen LogP contribution is -2.19. The van der Waals surface area contributed by atoms with Crippen molar-refractivity contribution in [2.45, 2.75) is 6.29 Å². The molecule has 0 saturated heterocycles. The van der Waals surface area contributed by atoms with E-state index in [0.717, 1.165) is 0 Å². The molecule has 2 N–H and O–H groups in total. The number of ketones is 1. The highest BCUT2D eigenvalue weighted by atomic mass is 35.5. The van der Waals surface area contributed by atoms with Crippen molar-refractivity contribution in [2.24, 2.45) is 0 Å². The first-order valence-corrected chi connectivity index (χ1v) is 3.86. The van der Waals surface area contributed by atoms with Crippen molar-refractivity contribution >= 4 is 17.4 Å². The summed E-state index contributed by atoms with van der Waals surface area (Å²) in [7, 11) is 0. The summed E-state index contributed by atoms with van der Waals surface area (Å²) in [6.07, 6.45) is -2.30. The predicted molar refractivity (Wildman–Crippen MR) is 43.9 cm³/mol. The number of hydrogen-bond acceptors (Lipinski definition) is 3. The van der Waals surface area contributed by atoms with Crippen LogP contribution in [0.15, 0.2) is 12.1 Å². The van der Waals surface area contributed by atoms with Crippen molar-refractivity contribution in [3.63, 3.8) is 0 Å². The molecule has 0 atom stereocenters. The predicted octanol–water partition coefficient (Wildman–Crippen LogP) is 1.11. The molecule has 14 heavy (non-hydrogen) atoms. The number of carbonyl (C=O) groups is 1. The Hall–Kier alpha value is -1.04. The molecular formula is C8H5ClF2O3. The Kier molecular flexibility index (Phi) is 3.15. The fourth-order valence-electron chi connectivity index (χ4n) is 0.847. The topological polar surface area (TPSA) is 57.5 Å². The normalized spacial score (nSPS) is 10.7. The van der Waals surface area contributed by atoms with Gasteiger partial charge in [0.05, 0.1) is 0 Å². The van der Waals surface area contributed by atoms with Crippen LogP contribution in [-0.4, -0.2) is 22.3 Å². The highest BCUT2D eigenvalue weighted by Gasteiger charge is 2.18. The van der Waals surface area contributed by atoms with E-state index in [1.54, 1.807) is 0 Å². The Morgan fingerprint density at radius 2 is 1.71 bits per heavy atom. The Labute approximate surface area is 82.5 Å². The highest BCUT2D eigenvalue weighted by molar-refractivity contribution is 6.31. The molecule has 0 spiro atoms. The summed E-state index contributed by atoms with van der Waals surface area (Å²) >= 11 is 5.15. The van der Waals surface area contributed by atoms with Crippen LogP contribution in [-0.2, 0) is 0 Å². The van der Waals surface area contributed by atoms with Gasteiger partial charge in [-0.05, 0) is 12.1 Å². The number of hydrogen-bond donors (Lipinski definition) is 2. The van der Waals surface area contributed by atoms with Crippen LogP contribution in [0.4, 0.5) is 8.78 Å². The monoisotopic (exact) mass is 222 g/mol. The van der Waals surface area contributed by atoms with Gasteiger partial charge in [0.25, 0.3) is 0 Å². The summed E-state index contributed by atoms with van der Waals surface area (Å²) in [5.74, 6) is -3.45. The lowest BCUT2D eigenvalue weighted by molar-refractivity contribution is -0.0195. The van der Waals surface area contributed by atoms with Crippen LogP contribution in [0.3, 0.4) is 0 Å². The summed E-state index contributed by atoms with van der Waals surface area (Å²) in [6.45, 7) is 0. The maximum Gasteiger partial charge on any atom is 0.218 e. The fraction of sp³-hybridized carbons (Fsp3) is 0.125. The first-order chi connectivity index (χ1) is 6.43. The van der Waals surface area contributed by atoms with E-state index in [4.69, 9.17) is 21.8 Å². The minimum atomic E-state index is -2.30. The number of carbonyl (C=O) groups excluding carboxylic acids is 1. The quantitative estimate of drug-likeness (QED) is 0.448. The van der Waals surface area contributed by atoms with Gasteiger partial charge in [-0.3, -0.25) is 4.79 Å². The molecule has 0 radical (unpaired) electrons. The Bertz CT molecular complexity index is 356. The average Bonchev–Trinajstić information content (AvgIpc) is 2.12. The molecule has 6 heteroatoms. The molecular weight excluding hydrogens is 218 g/mol. The van der Waals surface area contributed by atoms with E-state index >= 15 is 0 Å². The van der Waals surface area contributed by atoms with Gasteiger partial charge in [0.2, 0.25) is 12.1 Å². The second-order valence-corrected chi connectivity index (χ2v) is 2.87. The molecule has 76 valence electrons. The molecule has 0 bridgehead atoms. The number of aliphatic hydroxyl groups is 2. The summed E-state index contributed by atoms with van der Waals surface area (Å²) in [4.78, 5) is 10.9. The number of halogens is 3. The molecule has 0 aromatic heterocycles. The number of Topliss-reactive ketones (excluding diaryl/α,β-unsaturated/α-hetero) is 1. The van der Waals surface area contributed by atoms with Gasteiger partial charge in [0.15, 0.2) is 0 Å². The first kappa shape index (κ1) is 11.0. The third-order valence-corrected chi connectivity index (χ3v) is 1.86.